The lowest BCUT2D eigenvalue weighted by Gasteiger charge is -2.05. The van der Waals surface area contributed by atoms with Gasteiger partial charge >= 0.3 is 0 Å². The highest BCUT2D eigenvalue weighted by molar-refractivity contribution is 9.10. The van der Waals surface area contributed by atoms with E-state index in [-0.39, 0.29) is 0 Å². The van der Waals surface area contributed by atoms with Gasteiger partial charge in [0.05, 0.1) is 17.2 Å². The van der Waals surface area contributed by atoms with E-state index in [4.69, 9.17) is 0 Å². The van der Waals surface area contributed by atoms with Crippen LogP contribution in [0.25, 0.3) is 0 Å². The second-order valence-electron chi connectivity index (χ2n) is 3.71. The van der Waals surface area contributed by atoms with Gasteiger partial charge in [0.15, 0.2) is 0 Å². The number of aromatic nitrogens is 2. The average molecular weight is 280 g/mol. The van der Waals surface area contributed by atoms with Gasteiger partial charge in [0.1, 0.15) is 0 Å². The molecule has 0 fully saturated rings. The molecule has 0 bridgehead atoms. The zero-order valence-corrected chi connectivity index (χ0v) is 10.7. The van der Waals surface area contributed by atoms with Gasteiger partial charge in [-0.3, -0.25) is 4.68 Å². The summed E-state index contributed by atoms with van der Waals surface area (Å²) in [7, 11) is 1.96. The number of hydrogen-bond donors (Lipinski definition) is 1. The molecule has 1 heterocycles. The maximum absolute atomic E-state index is 4.24. The maximum atomic E-state index is 4.24. The predicted octanol–water partition coefficient (Wildman–Crippen LogP) is 2.41. The Morgan fingerprint density at radius 1 is 1.38 bits per heavy atom. The average Bonchev–Trinajstić information content (AvgIpc) is 2.65. The van der Waals surface area contributed by atoms with E-state index >= 15 is 0 Å². The first kappa shape index (κ1) is 11.4. The van der Waals surface area contributed by atoms with Gasteiger partial charge in [-0.05, 0) is 34.1 Å². The number of benzene rings is 1. The van der Waals surface area contributed by atoms with E-state index in [9.17, 15) is 0 Å². The van der Waals surface area contributed by atoms with Gasteiger partial charge in [-0.15, -0.1) is 0 Å². The van der Waals surface area contributed by atoms with Gasteiger partial charge in [-0.1, -0.05) is 24.3 Å². The summed E-state index contributed by atoms with van der Waals surface area (Å²) in [6, 6.07) is 8.53. The molecule has 84 valence electrons. The molecular formula is C12H14BrN3. The minimum atomic E-state index is 0.809. The van der Waals surface area contributed by atoms with E-state index < -0.39 is 0 Å². The molecule has 3 nitrogen and oxygen atoms in total. The van der Waals surface area contributed by atoms with E-state index in [0.29, 0.717) is 0 Å². The van der Waals surface area contributed by atoms with Gasteiger partial charge < -0.3 is 5.32 Å². The third-order valence-electron chi connectivity index (χ3n) is 2.32. The van der Waals surface area contributed by atoms with Crippen LogP contribution in [0.2, 0.25) is 0 Å². The Balaban J connectivity index is 2.12. The third-order valence-corrected chi connectivity index (χ3v) is 2.73. The zero-order chi connectivity index (χ0) is 11.4. The molecule has 0 unspecified atom stereocenters. The molecule has 1 aromatic heterocycles. The molecule has 4 heteroatoms. The van der Waals surface area contributed by atoms with Crippen LogP contribution in [0.4, 0.5) is 0 Å². The SMILES string of the molecule is CNCc1cccc(Cn2cc(Br)cn2)c1. The quantitative estimate of drug-likeness (QED) is 0.932. The van der Waals surface area contributed by atoms with Gasteiger partial charge in [-0.2, -0.15) is 5.10 Å². The van der Waals surface area contributed by atoms with Gasteiger partial charge in [0.25, 0.3) is 0 Å². The summed E-state index contributed by atoms with van der Waals surface area (Å²) < 4.78 is 2.93. The third kappa shape index (κ3) is 2.93. The Bertz CT molecular complexity index is 465. The second-order valence-corrected chi connectivity index (χ2v) is 4.62. The Morgan fingerprint density at radius 2 is 2.19 bits per heavy atom. The lowest BCUT2D eigenvalue weighted by molar-refractivity contribution is 0.685. The first-order valence-corrected chi connectivity index (χ1v) is 5.97. The highest BCUT2D eigenvalue weighted by Crippen LogP contribution is 2.10. The van der Waals surface area contributed by atoms with Crippen molar-refractivity contribution < 1.29 is 0 Å². The van der Waals surface area contributed by atoms with Crippen LogP contribution in [0, 0.1) is 0 Å². The van der Waals surface area contributed by atoms with Crippen LogP contribution in [0.1, 0.15) is 11.1 Å². The minimum absolute atomic E-state index is 0.809. The monoisotopic (exact) mass is 279 g/mol. The molecule has 0 radical (unpaired) electrons. The van der Waals surface area contributed by atoms with Crippen molar-refractivity contribution in [1.29, 1.82) is 0 Å². The molecule has 16 heavy (non-hydrogen) atoms. The number of halogens is 1. The molecule has 0 aliphatic carbocycles. The highest BCUT2D eigenvalue weighted by atomic mass is 79.9. The summed E-state index contributed by atoms with van der Waals surface area (Å²) in [5.41, 5.74) is 2.56. The first-order chi connectivity index (χ1) is 7.78. The van der Waals surface area contributed by atoms with Gasteiger partial charge in [0, 0.05) is 12.7 Å². The molecule has 2 rings (SSSR count). The minimum Gasteiger partial charge on any atom is -0.316 e. The summed E-state index contributed by atoms with van der Waals surface area (Å²) in [6.45, 7) is 1.71. The van der Waals surface area contributed by atoms with E-state index in [1.807, 2.05) is 17.9 Å². The largest absolute Gasteiger partial charge is 0.316 e. The molecule has 2 aromatic rings. The predicted molar refractivity (Wildman–Crippen MR) is 68.2 cm³/mol. The Morgan fingerprint density at radius 3 is 2.88 bits per heavy atom. The molecule has 0 atom stereocenters. The van der Waals surface area contributed by atoms with Crippen LogP contribution >= 0.6 is 15.9 Å². The second kappa shape index (κ2) is 5.27. The summed E-state index contributed by atoms with van der Waals surface area (Å²) in [5.74, 6) is 0. The van der Waals surface area contributed by atoms with E-state index in [0.717, 1.165) is 17.6 Å². The fourth-order valence-corrected chi connectivity index (χ4v) is 1.98. The zero-order valence-electron chi connectivity index (χ0n) is 9.15. The van der Waals surface area contributed by atoms with Crippen molar-refractivity contribution in [3.05, 3.63) is 52.3 Å². The number of nitrogens with zero attached hydrogens (tertiary/aromatic N) is 2. The standard InChI is InChI=1S/C12H14BrN3/c1-14-6-10-3-2-4-11(5-10)8-16-9-12(13)7-15-16/h2-5,7,9,14H,6,8H2,1H3. The van der Waals surface area contributed by atoms with Crippen molar-refractivity contribution in [3.63, 3.8) is 0 Å². The van der Waals surface area contributed by atoms with Gasteiger partial charge in [0.2, 0.25) is 0 Å². The molecule has 1 aromatic carbocycles. The molecule has 0 saturated carbocycles. The molecule has 0 saturated heterocycles. The van der Waals surface area contributed by atoms with Crippen molar-refractivity contribution in [2.45, 2.75) is 13.1 Å². The molecule has 1 N–H and O–H groups in total. The summed E-state index contributed by atoms with van der Waals surface area (Å²) >= 11 is 3.39. The number of rotatable bonds is 4. The topological polar surface area (TPSA) is 29.9 Å². The van der Waals surface area contributed by atoms with Crippen LogP contribution < -0.4 is 5.32 Å². The Labute approximate surface area is 104 Å². The molecule has 0 aliphatic rings. The molecular weight excluding hydrogens is 266 g/mol. The maximum Gasteiger partial charge on any atom is 0.0659 e. The normalized spacial score (nSPS) is 10.6. The van der Waals surface area contributed by atoms with Crippen LogP contribution in [-0.2, 0) is 13.1 Å². The summed E-state index contributed by atoms with van der Waals surface area (Å²) in [5, 5.41) is 7.39. The smallest absolute Gasteiger partial charge is 0.0659 e. The Kier molecular flexibility index (Phi) is 3.74. The first-order valence-electron chi connectivity index (χ1n) is 5.18. The van der Waals surface area contributed by atoms with Gasteiger partial charge in [-0.25, -0.2) is 0 Å². The van der Waals surface area contributed by atoms with Crippen LogP contribution in [-0.4, -0.2) is 16.8 Å². The summed E-state index contributed by atoms with van der Waals surface area (Å²) in [4.78, 5) is 0. The van der Waals surface area contributed by atoms with E-state index in [1.165, 1.54) is 11.1 Å². The molecule has 0 aliphatic heterocycles. The summed E-state index contributed by atoms with van der Waals surface area (Å²) in [6.07, 6.45) is 3.78. The van der Waals surface area contributed by atoms with Crippen molar-refractivity contribution in [2.24, 2.45) is 0 Å². The number of hydrogen-bond acceptors (Lipinski definition) is 2. The van der Waals surface area contributed by atoms with Crippen molar-refractivity contribution in [2.75, 3.05) is 7.05 Å². The fraction of sp³-hybridized carbons (Fsp3) is 0.250. The van der Waals surface area contributed by atoms with Crippen molar-refractivity contribution in [3.8, 4) is 0 Å². The van der Waals surface area contributed by atoms with Crippen molar-refractivity contribution in [1.82, 2.24) is 15.1 Å². The molecule has 0 spiro atoms. The van der Waals surface area contributed by atoms with Crippen LogP contribution in [0.5, 0.6) is 0 Å². The Hall–Kier alpha value is -1.13. The molecule has 0 amide bonds. The van der Waals surface area contributed by atoms with Crippen molar-refractivity contribution >= 4 is 15.9 Å². The fourth-order valence-electron chi connectivity index (χ4n) is 1.65. The van der Waals surface area contributed by atoms with E-state index in [1.54, 1.807) is 6.20 Å². The highest BCUT2D eigenvalue weighted by Gasteiger charge is 1.98. The van der Waals surface area contributed by atoms with Crippen LogP contribution in [0.3, 0.4) is 0 Å². The number of nitrogens with one attached hydrogen (secondary N) is 1. The lowest BCUT2D eigenvalue weighted by Crippen LogP contribution is -2.06. The lowest BCUT2D eigenvalue weighted by atomic mass is 10.1. The van der Waals surface area contributed by atoms with Crippen LogP contribution in [0.15, 0.2) is 41.1 Å². The van der Waals surface area contributed by atoms with E-state index in [2.05, 4.69) is 50.6 Å².